The second kappa shape index (κ2) is 7.75. The van der Waals surface area contributed by atoms with Crippen LogP contribution in [-0.4, -0.2) is 15.9 Å². The molecule has 122 valence electrons. The van der Waals surface area contributed by atoms with Crippen molar-refractivity contribution >= 4 is 46.1 Å². The predicted molar refractivity (Wildman–Crippen MR) is 98.8 cm³/mol. The number of nitrogens with zero attached hydrogens (tertiary/aromatic N) is 2. The number of anilines is 1. The van der Waals surface area contributed by atoms with Gasteiger partial charge < -0.3 is 5.32 Å². The third-order valence-corrected chi connectivity index (χ3v) is 5.05. The predicted octanol–water partition coefficient (Wildman–Crippen LogP) is 5.08. The lowest BCUT2D eigenvalue weighted by atomic mass is 10.2. The molecule has 4 nitrogen and oxygen atoms in total. The number of benzene rings is 1. The lowest BCUT2D eigenvalue weighted by Crippen LogP contribution is -2.12. The van der Waals surface area contributed by atoms with Crippen LogP contribution >= 0.6 is 34.5 Å². The number of nitrogens with one attached hydrogen (secondary N) is 1. The number of hydrogen-bond acceptors (Lipinski definition) is 4. The summed E-state index contributed by atoms with van der Waals surface area (Å²) in [7, 11) is 0. The molecule has 1 amide bonds. The average molecular weight is 378 g/mol. The van der Waals surface area contributed by atoms with Crippen LogP contribution in [0.5, 0.6) is 0 Å². The summed E-state index contributed by atoms with van der Waals surface area (Å²) in [5, 5.41) is 6.39. The van der Waals surface area contributed by atoms with Crippen LogP contribution in [0.4, 0.5) is 5.69 Å². The Morgan fingerprint density at radius 3 is 2.88 bits per heavy atom. The largest absolute Gasteiger partial charge is 0.325 e. The highest BCUT2D eigenvalue weighted by Crippen LogP contribution is 2.29. The van der Waals surface area contributed by atoms with Gasteiger partial charge in [-0.3, -0.25) is 9.78 Å². The zero-order valence-electron chi connectivity index (χ0n) is 12.5. The summed E-state index contributed by atoms with van der Waals surface area (Å²) in [5.74, 6) is -0.130. The molecule has 0 aliphatic carbocycles. The Balaban J connectivity index is 1.59. The molecule has 1 aromatic carbocycles. The SMILES string of the molecule is O=C(CCc1csc(-c2cccnc2)n1)Nc1cccc(Cl)c1Cl. The van der Waals surface area contributed by atoms with Gasteiger partial charge in [-0.1, -0.05) is 29.3 Å². The van der Waals surface area contributed by atoms with Crippen LogP contribution in [0.25, 0.3) is 10.6 Å². The van der Waals surface area contributed by atoms with Crippen molar-refractivity contribution in [3.8, 4) is 10.6 Å². The van der Waals surface area contributed by atoms with Crippen molar-refractivity contribution in [1.29, 1.82) is 0 Å². The Kier molecular flexibility index (Phi) is 5.45. The molecule has 0 aliphatic rings. The first-order valence-corrected chi connectivity index (χ1v) is 8.85. The van der Waals surface area contributed by atoms with Crippen molar-refractivity contribution in [1.82, 2.24) is 9.97 Å². The highest BCUT2D eigenvalue weighted by atomic mass is 35.5. The van der Waals surface area contributed by atoms with Crippen molar-refractivity contribution < 1.29 is 4.79 Å². The zero-order valence-corrected chi connectivity index (χ0v) is 14.8. The van der Waals surface area contributed by atoms with E-state index in [0.717, 1.165) is 16.3 Å². The Bertz CT molecular complexity index is 852. The normalized spacial score (nSPS) is 10.6. The van der Waals surface area contributed by atoms with Gasteiger partial charge in [-0.25, -0.2) is 4.98 Å². The first kappa shape index (κ1) is 16.9. The molecule has 1 N–H and O–H groups in total. The number of aryl methyl sites for hydroxylation is 1. The maximum Gasteiger partial charge on any atom is 0.224 e. The molecule has 0 fully saturated rings. The third kappa shape index (κ3) is 4.12. The summed E-state index contributed by atoms with van der Waals surface area (Å²) >= 11 is 13.5. The van der Waals surface area contributed by atoms with Crippen LogP contribution in [-0.2, 0) is 11.2 Å². The number of aromatic nitrogens is 2. The molecule has 3 aromatic rings. The van der Waals surface area contributed by atoms with E-state index in [0.29, 0.717) is 28.6 Å². The van der Waals surface area contributed by atoms with Gasteiger partial charge in [0, 0.05) is 29.8 Å². The molecular formula is C17H13Cl2N3OS. The van der Waals surface area contributed by atoms with Crippen LogP contribution in [0, 0.1) is 0 Å². The molecule has 0 saturated heterocycles. The second-order valence-electron chi connectivity index (χ2n) is 5.04. The topological polar surface area (TPSA) is 54.9 Å². The number of thiazole rings is 1. The molecule has 0 saturated carbocycles. The van der Waals surface area contributed by atoms with Crippen molar-refractivity contribution in [2.75, 3.05) is 5.32 Å². The van der Waals surface area contributed by atoms with Crippen LogP contribution in [0.1, 0.15) is 12.1 Å². The van der Waals surface area contributed by atoms with E-state index in [9.17, 15) is 4.79 Å². The van der Waals surface area contributed by atoms with Gasteiger partial charge >= 0.3 is 0 Å². The number of rotatable bonds is 5. The van der Waals surface area contributed by atoms with Gasteiger partial charge in [0.05, 0.1) is 21.4 Å². The Morgan fingerprint density at radius 2 is 2.08 bits per heavy atom. The Hall–Kier alpha value is -1.95. The van der Waals surface area contributed by atoms with Crippen molar-refractivity contribution in [3.05, 3.63) is 63.8 Å². The summed E-state index contributed by atoms with van der Waals surface area (Å²) in [4.78, 5) is 20.7. The van der Waals surface area contributed by atoms with E-state index in [-0.39, 0.29) is 5.91 Å². The van der Waals surface area contributed by atoms with Crippen LogP contribution in [0.15, 0.2) is 48.1 Å². The lowest BCUT2D eigenvalue weighted by Gasteiger charge is -2.07. The van der Waals surface area contributed by atoms with Gasteiger partial charge in [0.2, 0.25) is 5.91 Å². The number of amides is 1. The molecule has 2 heterocycles. The van der Waals surface area contributed by atoms with Crippen LogP contribution in [0.2, 0.25) is 10.0 Å². The van der Waals surface area contributed by atoms with Crippen molar-refractivity contribution in [2.24, 2.45) is 0 Å². The summed E-state index contributed by atoms with van der Waals surface area (Å²) in [6.07, 6.45) is 4.37. The second-order valence-corrected chi connectivity index (χ2v) is 6.68. The fourth-order valence-electron chi connectivity index (χ4n) is 2.10. The molecule has 0 unspecified atom stereocenters. The smallest absolute Gasteiger partial charge is 0.224 e. The molecule has 3 rings (SSSR count). The van der Waals surface area contributed by atoms with Crippen LogP contribution < -0.4 is 5.32 Å². The highest BCUT2D eigenvalue weighted by Gasteiger charge is 2.10. The van der Waals surface area contributed by atoms with Gasteiger partial charge in [0.15, 0.2) is 0 Å². The van der Waals surface area contributed by atoms with Gasteiger partial charge in [-0.2, -0.15) is 0 Å². The molecule has 0 aliphatic heterocycles. The van der Waals surface area contributed by atoms with Crippen molar-refractivity contribution in [2.45, 2.75) is 12.8 Å². The fourth-order valence-corrected chi connectivity index (χ4v) is 3.29. The maximum absolute atomic E-state index is 12.1. The summed E-state index contributed by atoms with van der Waals surface area (Å²) in [6, 6.07) is 8.97. The fraction of sp³-hybridized carbons (Fsp3) is 0.118. The van der Waals surface area contributed by atoms with E-state index < -0.39 is 0 Å². The molecule has 0 bridgehead atoms. The van der Waals surface area contributed by atoms with Gasteiger partial charge in [0.1, 0.15) is 5.01 Å². The lowest BCUT2D eigenvalue weighted by molar-refractivity contribution is -0.116. The number of hydrogen-bond donors (Lipinski definition) is 1. The zero-order chi connectivity index (χ0) is 16.9. The third-order valence-electron chi connectivity index (χ3n) is 3.29. The molecule has 0 atom stereocenters. The quantitative estimate of drug-likeness (QED) is 0.673. The highest BCUT2D eigenvalue weighted by molar-refractivity contribution is 7.13. The Morgan fingerprint density at radius 1 is 1.21 bits per heavy atom. The summed E-state index contributed by atoms with van der Waals surface area (Å²) in [6.45, 7) is 0. The minimum Gasteiger partial charge on any atom is -0.325 e. The molecular weight excluding hydrogens is 365 g/mol. The molecule has 0 radical (unpaired) electrons. The van der Waals surface area contributed by atoms with Gasteiger partial charge in [0.25, 0.3) is 0 Å². The Labute approximate surface area is 153 Å². The minimum atomic E-state index is -0.130. The van der Waals surface area contributed by atoms with E-state index in [2.05, 4.69) is 15.3 Å². The van der Waals surface area contributed by atoms with Gasteiger partial charge in [-0.05, 0) is 30.7 Å². The average Bonchev–Trinajstić information content (AvgIpc) is 3.07. The number of carbonyl (C=O) groups is 1. The molecule has 0 spiro atoms. The van der Waals surface area contributed by atoms with E-state index in [1.807, 2.05) is 17.5 Å². The van der Waals surface area contributed by atoms with E-state index in [1.165, 1.54) is 0 Å². The first-order chi connectivity index (χ1) is 11.6. The summed E-state index contributed by atoms with van der Waals surface area (Å²) in [5.41, 5.74) is 2.37. The maximum atomic E-state index is 12.1. The van der Waals surface area contributed by atoms with Crippen LogP contribution in [0.3, 0.4) is 0 Å². The number of halogens is 2. The van der Waals surface area contributed by atoms with E-state index in [1.54, 1.807) is 41.9 Å². The van der Waals surface area contributed by atoms with E-state index in [4.69, 9.17) is 23.2 Å². The number of pyridine rings is 1. The first-order valence-electron chi connectivity index (χ1n) is 7.22. The van der Waals surface area contributed by atoms with Gasteiger partial charge in [-0.15, -0.1) is 11.3 Å². The van der Waals surface area contributed by atoms with E-state index >= 15 is 0 Å². The monoisotopic (exact) mass is 377 g/mol. The molecule has 2 aromatic heterocycles. The molecule has 7 heteroatoms. The number of carbonyl (C=O) groups excluding carboxylic acids is 1. The minimum absolute atomic E-state index is 0.130. The van der Waals surface area contributed by atoms with Crippen molar-refractivity contribution in [3.63, 3.8) is 0 Å². The standard InChI is InChI=1S/C17H13Cl2N3OS/c18-13-4-1-5-14(16(13)19)22-15(23)7-6-12-10-24-17(21-12)11-3-2-8-20-9-11/h1-5,8-10H,6-7H2,(H,22,23). The molecule has 24 heavy (non-hydrogen) atoms. The summed E-state index contributed by atoms with van der Waals surface area (Å²) < 4.78 is 0.